The molecule has 3 rings (SSSR count). The van der Waals surface area contributed by atoms with E-state index < -0.39 is 36.2 Å². The van der Waals surface area contributed by atoms with Gasteiger partial charge in [-0.25, -0.2) is 0 Å². The summed E-state index contributed by atoms with van der Waals surface area (Å²) in [6.07, 6.45) is -1.97. The van der Waals surface area contributed by atoms with Gasteiger partial charge in [0.2, 0.25) is 5.72 Å². The summed E-state index contributed by atoms with van der Waals surface area (Å²) < 4.78 is 12.2. The van der Waals surface area contributed by atoms with Crippen LogP contribution in [0.25, 0.3) is 0 Å². The van der Waals surface area contributed by atoms with Crippen molar-refractivity contribution in [1.29, 1.82) is 0 Å². The highest BCUT2D eigenvalue weighted by atomic mass is 16.6. The van der Waals surface area contributed by atoms with Crippen molar-refractivity contribution in [2.75, 3.05) is 13.2 Å². The van der Waals surface area contributed by atoms with Gasteiger partial charge < -0.3 is 24.8 Å². The monoisotopic (exact) mass is 270 g/mol. The molecule has 3 N–H and O–H groups in total. The molecule has 0 radical (unpaired) electrons. The lowest BCUT2D eigenvalue weighted by molar-refractivity contribution is -0.144. The molecule has 1 saturated heterocycles. The fourth-order valence-electron chi connectivity index (χ4n) is 2.48. The van der Waals surface area contributed by atoms with Crippen LogP contribution in [0.15, 0.2) is 11.0 Å². The summed E-state index contributed by atoms with van der Waals surface area (Å²) in [5, 5.41) is 29.1. The third-order valence-electron chi connectivity index (χ3n) is 3.58. The lowest BCUT2D eigenvalue weighted by Gasteiger charge is -2.27. The van der Waals surface area contributed by atoms with Crippen LogP contribution in [0.3, 0.4) is 0 Å². The van der Waals surface area contributed by atoms with Crippen LogP contribution in [0.2, 0.25) is 0 Å². The Hall–Kier alpha value is -1.48. The summed E-state index contributed by atoms with van der Waals surface area (Å²) in [6, 6.07) is 0.0282. The largest absolute Gasteiger partial charge is 0.459 e. The normalized spacial score (nSPS) is 36.5. The van der Waals surface area contributed by atoms with E-state index in [-0.39, 0.29) is 12.6 Å². The Kier molecular flexibility index (Phi) is 2.65. The van der Waals surface area contributed by atoms with Gasteiger partial charge in [-0.1, -0.05) is 0 Å². The molecule has 1 aromatic rings. The summed E-state index contributed by atoms with van der Waals surface area (Å²) in [6.45, 7) is 1.06. The summed E-state index contributed by atoms with van der Waals surface area (Å²) in [4.78, 5) is 15.2. The molecule has 0 aliphatic carbocycles. The van der Waals surface area contributed by atoms with Crippen LogP contribution >= 0.6 is 0 Å². The second-order valence-corrected chi connectivity index (χ2v) is 4.79. The number of fused-ring (bicyclic) bond motifs is 2. The topological polar surface area (TPSA) is 114 Å². The Balaban J connectivity index is 2.11. The number of aryl methyl sites for hydroxylation is 1. The first-order valence-corrected chi connectivity index (χ1v) is 5.88. The minimum Gasteiger partial charge on any atom is -0.459 e. The predicted molar refractivity (Wildman–Crippen MR) is 60.7 cm³/mol. The molecule has 3 heterocycles. The van der Waals surface area contributed by atoms with Gasteiger partial charge >= 0.3 is 6.01 Å². The number of hydrogen-bond donors (Lipinski definition) is 3. The first-order chi connectivity index (χ1) is 8.99. The molecule has 0 bridgehead atoms. The van der Waals surface area contributed by atoms with Crippen LogP contribution in [0.1, 0.15) is 5.56 Å². The zero-order valence-electron chi connectivity index (χ0n) is 10.2. The smallest absolute Gasteiger partial charge is 0.302 e. The van der Waals surface area contributed by atoms with E-state index in [4.69, 9.17) is 14.6 Å². The van der Waals surface area contributed by atoms with Crippen molar-refractivity contribution in [3.05, 3.63) is 22.1 Å². The fourth-order valence-corrected chi connectivity index (χ4v) is 2.48. The van der Waals surface area contributed by atoms with Gasteiger partial charge in [-0.3, -0.25) is 9.36 Å². The number of nitrogens with zero attached hydrogens (tertiary/aromatic N) is 2. The number of ether oxygens (including phenoxy) is 2. The maximum atomic E-state index is 11.5. The van der Waals surface area contributed by atoms with Crippen LogP contribution in [0.5, 0.6) is 6.01 Å². The van der Waals surface area contributed by atoms with Crippen LogP contribution < -0.4 is 10.3 Å². The average molecular weight is 270 g/mol. The minimum absolute atomic E-state index is 0.0282. The molecule has 0 saturated carbocycles. The summed E-state index contributed by atoms with van der Waals surface area (Å²) in [5.41, 5.74) is -1.41. The molecule has 2 aliphatic heterocycles. The van der Waals surface area contributed by atoms with Crippen molar-refractivity contribution in [3.63, 3.8) is 0 Å². The molecular weight excluding hydrogens is 256 g/mol. The van der Waals surface area contributed by atoms with E-state index in [9.17, 15) is 15.0 Å². The quantitative estimate of drug-likeness (QED) is 0.526. The van der Waals surface area contributed by atoms with Crippen LogP contribution in [-0.4, -0.2) is 56.4 Å². The highest BCUT2D eigenvalue weighted by Crippen LogP contribution is 2.41. The molecule has 0 aromatic carbocycles. The molecule has 0 amide bonds. The molecule has 1 aromatic heterocycles. The third kappa shape index (κ3) is 1.54. The zero-order valence-corrected chi connectivity index (χ0v) is 10.2. The van der Waals surface area contributed by atoms with Crippen LogP contribution in [-0.2, 0) is 10.5 Å². The Labute approximate surface area is 107 Å². The van der Waals surface area contributed by atoms with Gasteiger partial charge in [0.1, 0.15) is 24.9 Å². The lowest BCUT2D eigenvalue weighted by atomic mass is 10.0. The molecule has 1 fully saturated rings. The third-order valence-corrected chi connectivity index (χ3v) is 3.58. The van der Waals surface area contributed by atoms with Gasteiger partial charge in [0, 0.05) is 11.8 Å². The van der Waals surface area contributed by atoms with Crippen molar-refractivity contribution in [3.8, 4) is 6.01 Å². The van der Waals surface area contributed by atoms with E-state index in [1.807, 2.05) is 0 Å². The summed E-state index contributed by atoms with van der Waals surface area (Å²) in [5.74, 6) is 0. The molecule has 2 aliphatic rings. The molecule has 8 nitrogen and oxygen atoms in total. The van der Waals surface area contributed by atoms with E-state index in [1.54, 1.807) is 6.92 Å². The van der Waals surface area contributed by atoms with Gasteiger partial charge in [-0.15, -0.1) is 0 Å². The van der Waals surface area contributed by atoms with E-state index in [2.05, 4.69) is 4.98 Å². The number of aliphatic hydroxyl groups is 3. The highest BCUT2D eigenvalue weighted by molar-refractivity contribution is 5.17. The summed E-state index contributed by atoms with van der Waals surface area (Å²) >= 11 is 0. The first kappa shape index (κ1) is 12.5. The second-order valence-electron chi connectivity index (χ2n) is 4.79. The van der Waals surface area contributed by atoms with Crippen LogP contribution in [0.4, 0.5) is 0 Å². The number of aromatic nitrogens is 2. The first-order valence-electron chi connectivity index (χ1n) is 5.88. The highest BCUT2D eigenvalue weighted by Gasteiger charge is 2.59. The molecule has 0 unspecified atom stereocenters. The van der Waals surface area contributed by atoms with E-state index >= 15 is 0 Å². The van der Waals surface area contributed by atoms with Crippen molar-refractivity contribution < 1.29 is 24.8 Å². The van der Waals surface area contributed by atoms with Crippen molar-refractivity contribution in [2.24, 2.45) is 0 Å². The maximum Gasteiger partial charge on any atom is 0.302 e. The Morgan fingerprint density at radius 1 is 1.58 bits per heavy atom. The Morgan fingerprint density at radius 3 is 2.95 bits per heavy atom. The molecule has 104 valence electrons. The predicted octanol–water partition coefficient (Wildman–Crippen LogP) is -2.29. The fraction of sp³-hybridized carbons (Fsp3) is 0.636. The van der Waals surface area contributed by atoms with Crippen molar-refractivity contribution >= 4 is 0 Å². The standard InChI is InChI=1S/C11H14N2O6/c1-5-2-13-10(12-9(5)17)18-4-11(13)8(16)7(15)6(3-14)19-11/h2,6-8,14-16H,3-4H2,1H3/t6-,7-,8-,11-/m1/s1. The van der Waals surface area contributed by atoms with Gasteiger partial charge in [0.25, 0.3) is 5.56 Å². The molecule has 4 atom stereocenters. The van der Waals surface area contributed by atoms with E-state index in [0.29, 0.717) is 5.56 Å². The van der Waals surface area contributed by atoms with Crippen molar-refractivity contribution in [1.82, 2.24) is 9.55 Å². The molecule has 19 heavy (non-hydrogen) atoms. The maximum absolute atomic E-state index is 11.5. The van der Waals surface area contributed by atoms with E-state index in [1.165, 1.54) is 10.8 Å². The van der Waals surface area contributed by atoms with E-state index in [0.717, 1.165) is 0 Å². The van der Waals surface area contributed by atoms with Gasteiger partial charge in [0.15, 0.2) is 0 Å². The Morgan fingerprint density at radius 2 is 2.32 bits per heavy atom. The SMILES string of the molecule is Cc1cn2c(nc1=O)OC[C@]21O[C@H](CO)[C@@H](O)[C@H]1O. The molecular formula is C11H14N2O6. The average Bonchev–Trinajstić information content (AvgIpc) is 2.85. The second kappa shape index (κ2) is 4.01. The Bertz CT molecular complexity index is 573. The summed E-state index contributed by atoms with van der Waals surface area (Å²) in [7, 11) is 0. The van der Waals surface area contributed by atoms with Crippen LogP contribution in [0, 0.1) is 6.92 Å². The van der Waals surface area contributed by atoms with Crippen molar-refractivity contribution in [2.45, 2.75) is 31.0 Å². The lowest BCUT2D eigenvalue weighted by Crippen LogP contribution is -2.46. The molecule has 1 spiro atoms. The number of rotatable bonds is 1. The zero-order chi connectivity index (χ0) is 13.8. The minimum atomic E-state index is -1.35. The van der Waals surface area contributed by atoms with Gasteiger partial charge in [-0.05, 0) is 6.92 Å². The van der Waals surface area contributed by atoms with Gasteiger partial charge in [-0.2, -0.15) is 4.98 Å². The van der Waals surface area contributed by atoms with Gasteiger partial charge in [0.05, 0.1) is 6.61 Å². The number of hydrogen-bond acceptors (Lipinski definition) is 7. The number of aliphatic hydroxyl groups excluding tert-OH is 3. The molecule has 8 heteroatoms.